The number of aromatic nitrogens is 1. The number of pyridine rings is 1. The Morgan fingerprint density at radius 1 is 1.33 bits per heavy atom. The molecule has 1 N–H and O–H groups in total. The molecule has 0 saturated carbocycles. The van der Waals surface area contributed by atoms with Crippen molar-refractivity contribution in [2.24, 2.45) is 0 Å². The van der Waals surface area contributed by atoms with Crippen LogP contribution in [0.5, 0.6) is 5.75 Å². The smallest absolute Gasteiger partial charge is 0.305 e. The predicted octanol–water partition coefficient (Wildman–Crippen LogP) is 2.63. The molecule has 2 heterocycles. The van der Waals surface area contributed by atoms with Crippen molar-refractivity contribution in [3.63, 3.8) is 0 Å². The van der Waals surface area contributed by atoms with Crippen molar-refractivity contribution in [3.8, 4) is 5.75 Å². The van der Waals surface area contributed by atoms with Crippen LogP contribution in [0.3, 0.4) is 0 Å². The maximum absolute atomic E-state index is 12.7. The third kappa shape index (κ3) is 3.27. The topological polar surface area (TPSA) is 79.7 Å². The van der Waals surface area contributed by atoms with Crippen LogP contribution < -0.4 is 9.64 Å². The van der Waals surface area contributed by atoms with Gasteiger partial charge < -0.3 is 14.7 Å². The molecule has 122 valence electrons. The molecule has 1 aliphatic heterocycles. The van der Waals surface area contributed by atoms with E-state index in [2.05, 4.69) is 4.98 Å². The van der Waals surface area contributed by atoms with Crippen molar-refractivity contribution < 1.29 is 19.4 Å². The summed E-state index contributed by atoms with van der Waals surface area (Å²) in [6.07, 6.45) is 3.04. The Bertz CT molecular complexity index is 815. The molecule has 3 rings (SSSR count). The van der Waals surface area contributed by atoms with Gasteiger partial charge in [-0.15, -0.1) is 0 Å². The predicted molar refractivity (Wildman–Crippen MR) is 88.6 cm³/mol. The third-order valence-electron chi connectivity index (χ3n) is 3.60. The van der Waals surface area contributed by atoms with Gasteiger partial charge in [0.2, 0.25) is 0 Å². The van der Waals surface area contributed by atoms with E-state index in [0.717, 1.165) is 5.56 Å². The SMILES string of the molecule is Cc1ccc2c(c1)N(CCC(=O)O)C(=O)/C(=C\c1ccccn1)O2. The Hall–Kier alpha value is -3.15. The zero-order valence-corrected chi connectivity index (χ0v) is 13.1. The number of carboxylic acids is 1. The molecule has 0 bridgehead atoms. The molecule has 2 aromatic rings. The zero-order valence-electron chi connectivity index (χ0n) is 13.1. The molecular formula is C18H16N2O4. The fraction of sp³-hybridized carbons (Fsp3) is 0.167. The molecule has 0 spiro atoms. The first-order chi connectivity index (χ1) is 11.5. The highest BCUT2D eigenvalue weighted by Gasteiger charge is 2.30. The fourth-order valence-electron chi connectivity index (χ4n) is 2.45. The van der Waals surface area contributed by atoms with Gasteiger partial charge in [0.15, 0.2) is 11.5 Å². The Kier molecular flexibility index (Phi) is 4.29. The molecule has 1 aromatic heterocycles. The van der Waals surface area contributed by atoms with E-state index in [4.69, 9.17) is 9.84 Å². The van der Waals surface area contributed by atoms with Crippen molar-refractivity contribution in [1.29, 1.82) is 0 Å². The average molecular weight is 324 g/mol. The summed E-state index contributed by atoms with van der Waals surface area (Å²) in [5, 5.41) is 8.94. The van der Waals surface area contributed by atoms with Gasteiger partial charge in [-0.05, 0) is 36.8 Å². The van der Waals surface area contributed by atoms with Gasteiger partial charge in [-0.1, -0.05) is 12.1 Å². The third-order valence-corrected chi connectivity index (χ3v) is 3.60. The Labute approximate surface area is 139 Å². The average Bonchev–Trinajstić information content (AvgIpc) is 2.56. The molecule has 0 unspecified atom stereocenters. The van der Waals surface area contributed by atoms with Gasteiger partial charge in [-0.3, -0.25) is 14.6 Å². The summed E-state index contributed by atoms with van der Waals surface area (Å²) in [4.78, 5) is 29.2. The van der Waals surface area contributed by atoms with Gasteiger partial charge in [0.1, 0.15) is 0 Å². The first-order valence-corrected chi connectivity index (χ1v) is 7.49. The van der Waals surface area contributed by atoms with Crippen LogP contribution in [0.4, 0.5) is 5.69 Å². The summed E-state index contributed by atoms with van der Waals surface area (Å²) in [6, 6.07) is 10.8. The second kappa shape index (κ2) is 6.54. The molecule has 0 aliphatic carbocycles. The number of rotatable bonds is 4. The lowest BCUT2D eigenvalue weighted by Crippen LogP contribution is -2.38. The number of aryl methyl sites for hydroxylation is 1. The van der Waals surface area contributed by atoms with E-state index in [9.17, 15) is 9.59 Å². The van der Waals surface area contributed by atoms with Gasteiger partial charge in [-0.25, -0.2) is 0 Å². The first kappa shape index (κ1) is 15.7. The second-order valence-corrected chi connectivity index (χ2v) is 5.44. The molecule has 6 nitrogen and oxygen atoms in total. The number of anilines is 1. The van der Waals surface area contributed by atoms with Crippen LogP contribution in [0.1, 0.15) is 17.7 Å². The van der Waals surface area contributed by atoms with E-state index in [-0.39, 0.29) is 24.6 Å². The number of benzene rings is 1. The van der Waals surface area contributed by atoms with Gasteiger partial charge in [0.25, 0.3) is 5.91 Å². The Balaban J connectivity index is 2.00. The first-order valence-electron chi connectivity index (χ1n) is 7.49. The lowest BCUT2D eigenvalue weighted by atomic mass is 10.1. The van der Waals surface area contributed by atoms with E-state index in [0.29, 0.717) is 17.1 Å². The lowest BCUT2D eigenvalue weighted by molar-refractivity contribution is -0.136. The maximum atomic E-state index is 12.7. The number of hydrogen-bond acceptors (Lipinski definition) is 4. The summed E-state index contributed by atoms with van der Waals surface area (Å²) in [5.41, 5.74) is 2.14. The highest BCUT2D eigenvalue weighted by atomic mass is 16.5. The number of hydrogen-bond donors (Lipinski definition) is 1. The van der Waals surface area contributed by atoms with Gasteiger partial charge in [0.05, 0.1) is 17.8 Å². The van der Waals surface area contributed by atoms with Crippen LogP contribution in [0.2, 0.25) is 0 Å². The minimum atomic E-state index is -0.959. The van der Waals surface area contributed by atoms with Crippen molar-refractivity contribution in [3.05, 3.63) is 59.6 Å². The number of carbonyl (C=O) groups is 2. The van der Waals surface area contributed by atoms with Crippen LogP contribution in [-0.4, -0.2) is 28.5 Å². The van der Waals surface area contributed by atoms with E-state index < -0.39 is 5.97 Å². The van der Waals surface area contributed by atoms with Crippen LogP contribution in [0, 0.1) is 6.92 Å². The van der Waals surface area contributed by atoms with E-state index in [1.807, 2.05) is 25.1 Å². The maximum Gasteiger partial charge on any atom is 0.305 e. The zero-order chi connectivity index (χ0) is 17.1. The second-order valence-electron chi connectivity index (χ2n) is 5.44. The molecule has 6 heteroatoms. The molecule has 0 saturated heterocycles. The molecular weight excluding hydrogens is 308 g/mol. The van der Waals surface area contributed by atoms with Crippen molar-refractivity contribution >= 4 is 23.6 Å². The number of carbonyl (C=O) groups excluding carboxylic acids is 1. The number of fused-ring (bicyclic) bond motifs is 1. The summed E-state index contributed by atoms with van der Waals surface area (Å²) >= 11 is 0. The quantitative estimate of drug-likeness (QED) is 0.875. The van der Waals surface area contributed by atoms with Crippen molar-refractivity contribution in [2.45, 2.75) is 13.3 Å². The molecule has 0 fully saturated rings. The highest BCUT2D eigenvalue weighted by molar-refractivity contribution is 6.10. The van der Waals surface area contributed by atoms with Gasteiger partial charge in [0, 0.05) is 18.8 Å². The minimum Gasteiger partial charge on any atom is -0.481 e. The monoisotopic (exact) mass is 324 g/mol. The van der Waals surface area contributed by atoms with E-state index in [1.165, 1.54) is 4.90 Å². The molecule has 0 radical (unpaired) electrons. The largest absolute Gasteiger partial charge is 0.481 e. The number of amides is 1. The number of nitrogens with zero attached hydrogens (tertiary/aromatic N) is 2. The highest BCUT2D eigenvalue weighted by Crippen LogP contribution is 2.36. The standard InChI is InChI=1S/C18H16N2O4/c1-12-5-6-15-14(10-12)20(9-7-17(21)22)18(23)16(24-15)11-13-4-2-3-8-19-13/h2-6,8,10-11H,7,9H2,1H3,(H,21,22)/b16-11+. The number of aliphatic carboxylic acids is 1. The fourth-order valence-corrected chi connectivity index (χ4v) is 2.45. The van der Waals surface area contributed by atoms with Gasteiger partial charge in [-0.2, -0.15) is 0 Å². The molecule has 1 aromatic carbocycles. The summed E-state index contributed by atoms with van der Waals surface area (Å²) in [6.45, 7) is 1.98. The Morgan fingerprint density at radius 2 is 2.17 bits per heavy atom. The summed E-state index contributed by atoms with van der Waals surface area (Å²) < 4.78 is 5.72. The molecule has 1 aliphatic rings. The Morgan fingerprint density at radius 3 is 2.88 bits per heavy atom. The van der Waals surface area contributed by atoms with Gasteiger partial charge >= 0.3 is 5.97 Å². The summed E-state index contributed by atoms with van der Waals surface area (Å²) in [7, 11) is 0. The number of ether oxygens (including phenoxy) is 1. The summed E-state index contributed by atoms with van der Waals surface area (Å²) in [5.74, 6) is -0.693. The lowest BCUT2D eigenvalue weighted by Gasteiger charge is -2.30. The van der Waals surface area contributed by atoms with E-state index in [1.54, 1.807) is 30.5 Å². The number of carboxylic acid groups (broad SMARTS) is 1. The van der Waals surface area contributed by atoms with E-state index >= 15 is 0 Å². The minimum absolute atomic E-state index is 0.0769. The van der Waals surface area contributed by atoms with Crippen LogP contribution in [0.15, 0.2) is 48.4 Å². The van der Waals surface area contributed by atoms with Crippen LogP contribution in [0.25, 0.3) is 6.08 Å². The van der Waals surface area contributed by atoms with Crippen molar-refractivity contribution in [2.75, 3.05) is 11.4 Å². The molecule has 0 atom stereocenters. The normalized spacial score (nSPS) is 15.1. The van der Waals surface area contributed by atoms with Crippen molar-refractivity contribution in [1.82, 2.24) is 4.98 Å². The van der Waals surface area contributed by atoms with Crippen LogP contribution >= 0.6 is 0 Å². The van der Waals surface area contributed by atoms with Crippen LogP contribution in [-0.2, 0) is 9.59 Å². The molecule has 1 amide bonds. The molecule has 24 heavy (non-hydrogen) atoms.